The Morgan fingerprint density at radius 1 is 1.11 bits per heavy atom. The van der Waals surface area contributed by atoms with Gasteiger partial charge in [0.05, 0.1) is 25.5 Å². The standard InChI is InChI=1S/C27H32N6O3/c1-3-32-18-28-30-27(32)19-13-20-15-29-31(2)26(20)25(14-19)36-23-9-7-22(8-10-23)34-12-4-11-33-16-24-6-5-21(33)17-35-24/h7-10,13-15,18,21,24H,3-6,11-12,16-17H2,1-2H3. The highest BCUT2D eigenvalue weighted by Gasteiger charge is 2.33. The molecule has 3 fully saturated rings. The molecule has 2 aromatic carbocycles. The fraction of sp³-hybridized carbons (Fsp3) is 0.444. The lowest BCUT2D eigenvalue weighted by Gasteiger charge is -2.45. The second-order valence-corrected chi connectivity index (χ2v) is 9.58. The Balaban J connectivity index is 1.11. The summed E-state index contributed by atoms with van der Waals surface area (Å²) in [6, 6.07) is 12.5. The lowest BCUT2D eigenvalue weighted by molar-refractivity contribution is -0.106. The molecule has 2 unspecified atom stereocenters. The molecule has 9 nitrogen and oxygen atoms in total. The van der Waals surface area contributed by atoms with Crippen LogP contribution < -0.4 is 9.47 Å². The lowest BCUT2D eigenvalue weighted by atomic mass is 9.97. The highest BCUT2D eigenvalue weighted by Crippen LogP contribution is 2.35. The number of hydrogen-bond acceptors (Lipinski definition) is 7. The Labute approximate surface area is 210 Å². The van der Waals surface area contributed by atoms with Crippen LogP contribution in [0.1, 0.15) is 26.2 Å². The fourth-order valence-corrected chi connectivity index (χ4v) is 5.29. The molecule has 5 heterocycles. The third-order valence-electron chi connectivity index (χ3n) is 7.22. The number of rotatable bonds is 9. The van der Waals surface area contributed by atoms with E-state index in [1.807, 2.05) is 52.8 Å². The first-order chi connectivity index (χ1) is 17.7. The smallest absolute Gasteiger partial charge is 0.163 e. The van der Waals surface area contributed by atoms with E-state index in [-0.39, 0.29) is 0 Å². The molecule has 188 valence electrons. The molecular formula is C27H32N6O3. The largest absolute Gasteiger partial charge is 0.494 e. The van der Waals surface area contributed by atoms with Gasteiger partial charge in [-0.15, -0.1) is 10.2 Å². The molecule has 0 saturated carbocycles. The van der Waals surface area contributed by atoms with Crippen LogP contribution in [0.15, 0.2) is 48.9 Å². The number of nitrogens with zero attached hydrogens (tertiary/aromatic N) is 6. The molecule has 0 radical (unpaired) electrons. The van der Waals surface area contributed by atoms with Crippen molar-refractivity contribution in [1.82, 2.24) is 29.4 Å². The predicted molar refractivity (Wildman–Crippen MR) is 136 cm³/mol. The Kier molecular flexibility index (Phi) is 6.33. The minimum Gasteiger partial charge on any atom is -0.494 e. The predicted octanol–water partition coefficient (Wildman–Crippen LogP) is 4.28. The van der Waals surface area contributed by atoms with Gasteiger partial charge in [-0.1, -0.05) is 0 Å². The molecule has 36 heavy (non-hydrogen) atoms. The maximum absolute atomic E-state index is 6.34. The summed E-state index contributed by atoms with van der Waals surface area (Å²) in [6.07, 6.45) is 7.50. The number of aromatic nitrogens is 5. The summed E-state index contributed by atoms with van der Waals surface area (Å²) in [5, 5.41) is 13.8. The zero-order valence-corrected chi connectivity index (χ0v) is 20.8. The fourth-order valence-electron chi connectivity index (χ4n) is 5.29. The summed E-state index contributed by atoms with van der Waals surface area (Å²) in [7, 11) is 1.92. The molecule has 9 heteroatoms. The van der Waals surface area contributed by atoms with Crippen molar-refractivity contribution in [3.63, 3.8) is 0 Å². The first kappa shape index (κ1) is 23.0. The number of benzene rings is 2. The van der Waals surface area contributed by atoms with Crippen LogP contribution in [0, 0.1) is 0 Å². The second kappa shape index (κ2) is 9.91. The van der Waals surface area contributed by atoms with Gasteiger partial charge in [0.1, 0.15) is 23.3 Å². The van der Waals surface area contributed by atoms with Gasteiger partial charge in [-0.05, 0) is 62.6 Å². The van der Waals surface area contributed by atoms with E-state index >= 15 is 0 Å². The molecule has 3 aliphatic heterocycles. The van der Waals surface area contributed by atoms with Crippen molar-refractivity contribution >= 4 is 10.9 Å². The number of morpholine rings is 1. The van der Waals surface area contributed by atoms with Gasteiger partial charge in [0.15, 0.2) is 11.6 Å². The van der Waals surface area contributed by atoms with Crippen LogP contribution in [-0.4, -0.2) is 67.9 Å². The van der Waals surface area contributed by atoms with Crippen molar-refractivity contribution in [3.8, 4) is 28.6 Å². The van der Waals surface area contributed by atoms with E-state index in [0.29, 0.717) is 18.8 Å². The Hall–Kier alpha value is -3.43. The zero-order valence-electron chi connectivity index (χ0n) is 20.8. The van der Waals surface area contributed by atoms with Gasteiger partial charge in [-0.25, -0.2) is 0 Å². The Bertz CT molecular complexity index is 1320. The topological polar surface area (TPSA) is 79.5 Å². The maximum Gasteiger partial charge on any atom is 0.163 e. The normalized spacial score (nSPS) is 19.7. The molecule has 3 saturated heterocycles. The van der Waals surface area contributed by atoms with E-state index in [9.17, 15) is 0 Å². The average Bonchev–Trinajstić information content (AvgIpc) is 3.55. The van der Waals surface area contributed by atoms with E-state index in [2.05, 4.69) is 33.2 Å². The van der Waals surface area contributed by atoms with Crippen molar-refractivity contribution in [2.24, 2.45) is 7.05 Å². The van der Waals surface area contributed by atoms with Gasteiger partial charge < -0.3 is 18.8 Å². The molecule has 7 rings (SSSR count). The van der Waals surface area contributed by atoms with Gasteiger partial charge in [-0.2, -0.15) is 5.10 Å². The molecule has 0 amide bonds. The molecule has 0 N–H and O–H groups in total. The number of aryl methyl sites for hydroxylation is 2. The molecule has 2 aromatic heterocycles. The van der Waals surface area contributed by atoms with E-state index < -0.39 is 0 Å². The Morgan fingerprint density at radius 2 is 1.97 bits per heavy atom. The van der Waals surface area contributed by atoms with Gasteiger partial charge in [0, 0.05) is 43.7 Å². The van der Waals surface area contributed by atoms with Crippen LogP contribution in [0.5, 0.6) is 17.2 Å². The number of piperidine rings is 1. The molecule has 3 aliphatic rings. The number of fused-ring (bicyclic) bond motifs is 4. The van der Waals surface area contributed by atoms with E-state index in [0.717, 1.165) is 72.2 Å². The van der Waals surface area contributed by atoms with Gasteiger partial charge in [-0.3, -0.25) is 9.58 Å². The highest BCUT2D eigenvalue weighted by molar-refractivity contribution is 5.89. The second-order valence-electron chi connectivity index (χ2n) is 9.58. The molecule has 0 aliphatic carbocycles. The van der Waals surface area contributed by atoms with Crippen LogP contribution in [0.25, 0.3) is 22.3 Å². The van der Waals surface area contributed by atoms with E-state index in [4.69, 9.17) is 14.2 Å². The third-order valence-corrected chi connectivity index (χ3v) is 7.22. The van der Waals surface area contributed by atoms with Gasteiger partial charge in [0.25, 0.3) is 0 Å². The maximum atomic E-state index is 6.34. The monoisotopic (exact) mass is 488 g/mol. The zero-order chi connectivity index (χ0) is 24.5. The van der Waals surface area contributed by atoms with Crippen molar-refractivity contribution in [3.05, 3.63) is 48.9 Å². The minimum atomic E-state index is 0.432. The molecule has 2 bridgehead atoms. The van der Waals surface area contributed by atoms with Crippen molar-refractivity contribution in [2.45, 2.75) is 44.9 Å². The van der Waals surface area contributed by atoms with E-state index in [1.165, 1.54) is 12.8 Å². The molecular weight excluding hydrogens is 456 g/mol. The van der Waals surface area contributed by atoms with Crippen LogP contribution in [0.3, 0.4) is 0 Å². The summed E-state index contributed by atoms with van der Waals surface area (Å²) in [4.78, 5) is 2.56. The molecule has 4 aromatic rings. The Morgan fingerprint density at radius 3 is 2.72 bits per heavy atom. The first-order valence-electron chi connectivity index (χ1n) is 12.8. The number of ether oxygens (including phenoxy) is 3. The van der Waals surface area contributed by atoms with Crippen molar-refractivity contribution in [1.29, 1.82) is 0 Å². The quantitative estimate of drug-likeness (QED) is 0.326. The first-order valence-corrected chi connectivity index (χ1v) is 12.8. The summed E-state index contributed by atoms with van der Waals surface area (Å²) in [5.74, 6) is 3.12. The lowest BCUT2D eigenvalue weighted by Crippen LogP contribution is -2.54. The summed E-state index contributed by atoms with van der Waals surface area (Å²) in [6.45, 7) is 6.58. The summed E-state index contributed by atoms with van der Waals surface area (Å²) in [5.41, 5.74) is 1.87. The van der Waals surface area contributed by atoms with Gasteiger partial charge >= 0.3 is 0 Å². The highest BCUT2D eigenvalue weighted by atomic mass is 16.5. The molecule has 2 atom stereocenters. The summed E-state index contributed by atoms with van der Waals surface area (Å²) >= 11 is 0. The summed E-state index contributed by atoms with van der Waals surface area (Å²) < 4.78 is 22.0. The third kappa shape index (κ3) is 4.56. The average molecular weight is 489 g/mol. The van der Waals surface area contributed by atoms with Crippen LogP contribution in [-0.2, 0) is 18.3 Å². The molecule has 0 spiro atoms. The van der Waals surface area contributed by atoms with Crippen LogP contribution >= 0.6 is 0 Å². The SMILES string of the molecule is CCn1cnnc1-c1cc(Oc2ccc(OCCCN3CC4CCC3CO4)cc2)c2c(cnn2C)c1. The van der Waals surface area contributed by atoms with Gasteiger partial charge in [0.2, 0.25) is 0 Å². The van der Waals surface area contributed by atoms with E-state index in [1.54, 1.807) is 6.33 Å². The van der Waals surface area contributed by atoms with Crippen molar-refractivity contribution < 1.29 is 14.2 Å². The van der Waals surface area contributed by atoms with Crippen LogP contribution in [0.2, 0.25) is 0 Å². The number of hydrogen-bond donors (Lipinski definition) is 0. The van der Waals surface area contributed by atoms with Crippen LogP contribution in [0.4, 0.5) is 0 Å². The minimum absolute atomic E-state index is 0.432. The van der Waals surface area contributed by atoms with Crippen molar-refractivity contribution in [2.75, 3.05) is 26.3 Å².